The maximum Gasteiger partial charge on any atom is 0.407 e. The summed E-state index contributed by atoms with van der Waals surface area (Å²) in [6.45, 7) is 6.42. The van der Waals surface area contributed by atoms with Crippen molar-refractivity contribution in [1.82, 2.24) is 24.8 Å². The molecule has 72 heavy (non-hydrogen) atoms. The number of hydrogen-bond donors (Lipinski definition) is 3. The molecule has 0 spiro atoms. The summed E-state index contributed by atoms with van der Waals surface area (Å²) in [7, 11) is -2.82. The Morgan fingerprint density at radius 1 is 0.847 bits per heavy atom. The number of likely N-dealkylation sites (N-methyl/N-ethyl adjacent to an activating group) is 1. The highest BCUT2D eigenvalue weighted by Crippen LogP contribution is 2.37. The summed E-state index contributed by atoms with van der Waals surface area (Å²) in [6, 6.07) is 16.5. The van der Waals surface area contributed by atoms with Crippen LogP contribution in [0.3, 0.4) is 0 Å². The standard InChI is InChI=1S/C51H66N6O13S2/c1-35(54-72(65,66)45-24-9-8-22-42(45)57(63)64)38-18-12-20-40(32-38)69-29-11-5-10-26-67-27-15-28-68-30-31-70-41-21-13-19-39(33-41)47(58)44-34-52-49(71-44)43-23-14-25-56(43)50(60)46(37-16-6-4-7-17-37)53-48(59)36(2)55(3)51(61)62/h8-9,12-13,18-22,24,32-37,43,46,54H,4-7,10-11,14-17,23,25-31H2,1-3H3,(H,53,59)(H,61,62)/t35-,36+,43+,46+/m1/s1. The van der Waals surface area contributed by atoms with Crippen LogP contribution in [0.1, 0.15) is 122 Å². The van der Waals surface area contributed by atoms with Crippen LogP contribution in [-0.4, -0.2) is 122 Å². The molecule has 3 N–H and O–H groups in total. The minimum atomic E-state index is -4.16. The molecular formula is C51H66N6O13S2. The normalized spacial score (nSPS) is 16.4. The number of carboxylic acid groups (broad SMARTS) is 1. The minimum Gasteiger partial charge on any atom is -0.494 e. The van der Waals surface area contributed by atoms with Gasteiger partial charge in [-0.25, -0.2) is 22.9 Å². The van der Waals surface area contributed by atoms with Gasteiger partial charge in [0.25, 0.3) is 5.69 Å². The van der Waals surface area contributed by atoms with Gasteiger partial charge in [-0.15, -0.1) is 11.3 Å². The van der Waals surface area contributed by atoms with E-state index in [1.54, 1.807) is 66.6 Å². The summed E-state index contributed by atoms with van der Waals surface area (Å²) < 4.78 is 51.7. The third kappa shape index (κ3) is 15.5. The fourth-order valence-corrected chi connectivity index (χ4v) is 11.2. The van der Waals surface area contributed by atoms with Crippen molar-refractivity contribution in [3.05, 3.63) is 110 Å². The van der Waals surface area contributed by atoms with Gasteiger partial charge in [-0.2, -0.15) is 0 Å². The molecule has 1 aromatic heterocycles. The topological polar surface area (TPSA) is 246 Å². The second-order valence-corrected chi connectivity index (χ2v) is 20.8. The number of nitrogens with one attached hydrogen (secondary N) is 2. The molecule has 4 aromatic rings. The van der Waals surface area contributed by atoms with Crippen molar-refractivity contribution in [3.8, 4) is 11.5 Å². The Morgan fingerprint density at radius 2 is 1.53 bits per heavy atom. The van der Waals surface area contributed by atoms with Gasteiger partial charge in [-0.05, 0) is 107 Å². The number of carbonyl (C=O) groups excluding carboxylic acids is 3. The van der Waals surface area contributed by atoms with Gasteiger partial charge >= 0.3 is 6.09 Å². The summed E-state index contributed by atoms with van der Waals surface area (Å²) in [4.78, 5) is 70.7. The largest absolute Gasteiger partial charge is 0.494 e. The lowest BCUT2D eigenvalue weighted by atomic mass is 9.83. The van der Waals surface area contributed by atoms with Gasteiger partial charge in [-0.3, -0.25) is 29.4 Å². The molecule has 390 valence electrons. The highest BCUT2D eigenvalue weighted by Gasteiger charge is 2.41. The second kappa shape index (κ2) is 27.2. The van der Waals surface area contributed by atoms with Crippen LogP contribution in [0.5, 0.6) is 11.5 Å². The number of nitro groups is 1. The number of aromatic nitrogens is 1. The number of ether oxygens (including phenoxy) is 4. The third-order valence-corrected chi connectivity index (χ3v) is 15.6. The average Bonchev–Trinajstić information content (AvgIpc) is 4.09. The molecular weight excluding hydrogens is 969 g/mol. The number of nitro benzene ring substituents is 1. The van der Waals surface area contributed by atoms with Crippen molar-refractivity contribution >= 4 is 50.7 Å². The van der Waals surface area contributed by atoms with Gasteiger partial charge in [0.05, 0.1) is 29.1 Å². The smallest absolute Gasteiger partial charge is 0.407 e. The number of nitrogens with zero attached hydrogens (tertiary/aromatic N) is 4. The monoisotopic (exact) mass is 1030 g/mol. The van der Waals surface area contributed by atoms with E-state index in [2.05, 4.69) is 15.0 Å². The molecule has 19 nitrogen and oxygen atoms in total. The molecule has 2 fully saturated rings. The van der Waals surface area contributed by atoms with Crippen LogP contribution < -0.4 is 19.5 Å². The number of hydrogen-bond acceptors (Lipinski definition) is 14. The van der Waals surface area contributed by atoms with Crippen LogP contribution in [0.15, 0.2) is 83.9 Å². The lowest BCUT2D eigenvalue weighted by Crippen LogP contribution is -2.56. The first-order chi connectivity index (χ1) is 34.6. The fourth-order valence-electron chi connectivity index (χ4n) is 8.78. The first kappa shape index (κ1) is 55.3. The fraction of sp³-hybridized carbons (Fsp3) is 0.510. The molecule has 1 saturated heterocycles. The van der Waals surface area contributed by atoms with E-state index in [9.17, 15) is 42.8 Å². The van der Waals surface area contributed by atoms with Crippen LogP contribution >= 0.6 is 11.3 Å². The minimum absolute atomic E-state index is 0.0601. The van der Waals surface area contributed by atoms with E-state index in [1.807, 2.05) is 0 Å². The van der Waals surface area contributed by atoms with Crippen LogP contribution in [0.25, 0.3) is 0 Å². The van der Waals surface area contributed by atoms with Gasteiger partial charge < -0.3 is 34.3 Å². The number of rotatable bonds is 28. The highest BCUT2D eigenvalue weighted by atomic mass is 32.2. The molecule has 21 heteroatoms. The summed E-state index contributed by atoms with van der Waals surface area (Å²) >= 11 is 1.26. The molecule has 1 saturated carbocycles. The van der Waals surface area contributed by atoms with Crippen molar-refractivity contribution in [2.75, 3.05) is 53.2 Å². The summed E-state index contributed by atoms with van der Waals surface area (Å²) in [5, 5.41) is 24.4. The second-order valence-electron chi connectivity index (χ2n) is 18.0. The Balaban J connectivity index is 0.848. The number of ketones is 1. The third-order valence-electron chi connectivity index (χ3n) is 12.9. The van der Waals surface area contributed by atoms with E-state index < -0.39 is 55.7 Å². The molecule has 3 aromatic carbocycles. The van der Waals surface area contributed by atoms with Crippen molar-refractivity contribution in [3.63, 3.8) is 0 Å². The predicted octanol–water partition coefficient (Wildman–Crippen LogP) is 8.10. The molecule has 0 unspecified atom stereocenters. The van der Waals surface area contributed by atoms with E-state index in [-0.39, 0.29) is 30.3 Å². The Morgan fingerprint density at radius 3 is 2.28 bits per heavy atom. The Kier molecular flexibility index (Phi) is 20.9. The zero-order valence-electron chi connectivity index (χ0n) is 41.1. The number of benzene rings is 3. The molecule has 2 heterocycles. The number of amides is 3. The van der Waals surface area contributed by atoms with Crippen LogP contribution in [0.2, 0.25) is 0 Å². The van der Waals surface area contributed by atoms with Gasteiger partial charge in [0.15, 0.2) is 4.90 Å². The van der Waals surface area contributed by atoms with E-state index in [4.69, 9.17) is 18.9 Å². The summed E-state index contributed by atoms with van der Waals surface area (Å²) in [5.41, 5.74) is 0.602. The summed E-state index contributed by atoms with van der Waals surface area (Å²) in [5.74, 6) is 0.130. The lowest BCUT2D eigenvalue weighted by molar-refractivity contribution is -0.387. The molecule has 4 atom stereocenters. The maximum absolute atomic E-state index is 14.3. The molecule has 0 radical (unpaired) electrons. The SMILES string of the molecule is C[C@@H](NS(=O)(=O)c1ccccc1[N+](=O)[O-])c1cccc(OCCCCCOCCCOCCOc2cccc(C(=O)c3cnc([C@@H]4CCCN4C(=O)[C@@H](NC(=O)[C@H](C)N(C)C(=O)O)C4CCCCC4)s3)c2)c1. The number of unbranched alkanes of at least 4 members (excludes halogenated alkanes) is 2. The Bertz CT molecular complexity index is 2570. The van der Waals surface area contributed by atoms with Gasteiger partial charge in [-0.1, -0.05) is 55.7 Å². The van der Waals surface area contributed by atoms with Crippen molar-refractivity contribution in [2.24, 2.45) is 5.92 Å². The first-order valence-electron chi connectivity index (χ1n) is 24.6. The van der Waals surface area contributed by atoms with E-state index in [1.165, 1.54) is 43.5 Å². The van der Waals surface area contributed by atoms with E-state index in [0.29, 0.717) is 84.9 Å². The Hall–Kier alpha value is -6.00. The molecule has 1 aliphatic carbocycles. The number of sulfonamides is 1. The number of carbonyl (C=O) groups is 4. The highest BCUT2D eigenvalue weighted by molar-refractivity contribution is 7.89. The van der Waals surface area contributed by atoms with Crippen molar-refractivity contribution in [1.29, 1.82) is 0 Å². The maximum atomic E-state index is 14.3. The predicted molar refractivity (Wildman–Crippen MR) is 269 cm³/mol. The van der Waals surface area contributed by atoms with Crippen molar-refractivity contribution < 1.29 is 56.6 Å². The lowest BCUT2D eigenvalue weighted by Gasteiger charge is -2.35. The number of thiazole rings is 1. The zero-order valence-corrected chi connectivity index (χ0v) is 42.7. The zero-order chi connectivity index (χ0) is 51.6. The number of para-hydroxylation sites is 1. The van der Waals surface area contributed by atoms with Gasteiger partial charge in [0, 0.05) is 57.3 Å². The number of likely N-dealkylation sites (tertiary alicyclic amines) is 1. The van der Waals surface area contributed by atoms with E-state index >= 15 is 0 Å². The van der Waals surface area contributed by atoms with Crippen LogP contribution in [0.4, 0.5) is 10.5 Å². The van der Waals surface area contributed by atoms with Crippen LogP contribution in [-0.2, 0) is 29.1 Å². The molecule has 0 bridgehead atoms. The Labute approximate surface area is 424 Å². The first-order valence-corrected chi connectivity index (χ1v) is 26.9. The summed E-state index contributed by atoms with van der Waals surface area (Å²) in [6.07, 6.45) is 9.55. The van der Waals surface area contributed by atoms with E-state index in [0.717, 1.165) is 68.8 Å². The van der Waals surface area contributed by atoms with Crippen LogP contribution in [0, 0.1) is 16.0 Å². The van der Waals surface area contributed by atoms with Gasteiger partial charge in [0.1, 0.15) is 35.2 Å². The molecule has 2 aliphatic rings. The average molecular weight is 1040 g/mol. The van der Waals surface area contributed by atoms with Crippen molar-refractivity contribution in [2.45, 2.75) is 114 Å². The molecule has 6 rings (SSSR count). The molecule has 1 aliphatic heterocycles. The quantitative estimate of drug-likeness (QED) is 0.0211. The van der Waals surface area contributed by atoms with Gasteiger partial charge in [0.2, 0.25) is 27.6 Å². The molecule has 3 amide bonds.